The molecule has 0 aliphatic carbocycles. The third-order valence-electron chi connectivity index (χ3n) is 3.63. The molecule has 1 unspecified atom stereocenters. The van der Waals surface area contributed by atoms with Gasteiger partial charge in [0.25, 0.3) is 0 Å². The summed E-state index contributed by atoms with van der Waals surface area (Å²) in [5.74, 6) is 0. The maximum Gasteiger partial charge on any atom is 0.410 e. The number of amides is 2. The first-order valence-electron chi connectivity index (χ1n) is 8.28. The Morgan fingerprint density at radius 2 is 1.96 bits per heavy atom. The SMILES string of the molecule is CC(C)(C)OC(=O)N1CCC(NC(=O)OCCc2ccccc2)C1. The molecule has 1 aliphatic rings. The Labute approximate surface area is 143 Å². The van der Waals surface area contributed by atoms with Crippen molar-refractivity contribution in [3.63, 3.8) is 0 Å². The number of nitrogens with zero attached hydrogens (tertiary/aromatic N) is 1. The van der Waals surface area contributed by atoms with Crippen molar-refractivity contribution < 1.29 is 19.1 Å². The van der Waals surface area contributed by atoms with E-state index in [0.717, 1.165) is 5.56 Å². The van der Waals surface area contributed by atoms with Crippen LogP contribution in [-0.4, -0.2) is 48.4 Å². The van der Waals surface area contributed by atoms with Gasteiger partial charge in [-0.3, -0.25) is 0 Å². The number of benzene rings is 1. The Hall–Kier alpha value is -2.24. The summed E-state index contributed by atoms with van der Waals surface area (Å²) in [7, 11) is 0. The van der Waals surface area contributed by atoms with E-state index in [1.54, 1.807) is 4.90 Å². The zero-order chi connectivity index (χ0) is 17.6. The molecule has 1 aliphatic heterocycles. The predicted octanol–water partition coefficient (Wildman–Crippen LogP) is 2.96. The van der Waals surface area contributed by atoms with Crippen LogP contribution in [0, 0.1) is 0 Å². The number of rotatable bonds is 4. The molecule has 1 fully saturated rings. The van der Waals surface area contributed by atoms with E-state index in [0.29, 0.717) is 32.5 Å². The topological polar surface area (TPSA) is 67.9 Å². The number of ether oxygens (including phenoxy) is 2. The van der Waals surface area contributed by atoms with E-state index < -0.39 is 11.7 Å². The number of likely N-dealkylation sites (tertiary alicyclic amines) is 1. The fraction of sp³-hybridized carbons (Fsp3) is 0.556. The molecule has 2 amide bonds. The highest BCUT2D eigenvalue weighted by molar-refractivity contribution is 5.70. The molecule has 2 rings (SSSR count). The molecule has 132 valence electrons. The van der Waals surface area contributed by atoms with Gasteiger partial charge >= 0.3 is 12.2 Å². The summed E-state index contributed by atoms with van der Waals surface area (Å²) in [6.45, 7) is 6.85. The first-order chi connectivity index (χ1) is 11.3. The van der Waals surface area contributed by atoms with E-state index in [-0.39, 0.29) is 12.1 Å². The average molecular weight is 334 g/mol. The van der Waals surface area contributed by atoms with Gasteiger partial charge in [0.1, 0.15) is 5.60 Å². The van der Waals surface area contributed by atoms with Gasteiger partial charge in [-0.05, 0) is 32.8 Å². The Kier molecular flexibility index (Phi) is 6.06. The Bertz CT molecular complexity index is 554. The highest BCUT2D eigenvalue weighted by Crippen LogP contribution is 2.15. The molecule has 6 nitrogen and oxygen atoms in total. The highest BCUT2D eigenvalue weighted by atomic mass is 16.6. The van der Waals surface area contributed by atoms with Crippen LogP contribution in [0.5, 0.6) is 0 Å². The van der Waals surface area contributed by atoms with Crippen LogP contribution >= 0.6 is 0 Å². The van der Waals surface area contributed by atoms with Crippen molar-refractivity contribution in [2.75, 3.05) is 19.7 Å². The summed E-state index contributed by atoms with van der Waals surface area (Å²) < 4.78 is 10.5. The van der Waals surface area contributed by atoms with E-state index >= 15 is 0 Å². The number of carbonyl (C=O) groups excluding carboxylic acids is 2. The molecule has 0 radical (unpaired) electrons. The standard InChI is InChI=1S/C18H26N2O4/c1-18(2,3)24-17(22)20-11-9-15(13-20)19-16(21)23-12-10-14-7-5-4-6-8-14/h4-8,15H,9-13H2,1-3H3,(H,19,21). The van der Waals surface area contributed by atoms with Gasteiger partial charge in [-0.1, -0.05) is 30.3 Å². The molecule has 1 aromatic rings. The zero-order valence-electron chi connectivity index (χ0n) is 14.6. The summed E-state index contributed by atoms with van der Waals surface area (Å²) in [6.07, 6.45) is 0.599. The van der Waals surface area contributed by atoms with Crippen LogP contribution in [-0.2, 0) is 15.9 Å². The van der Waals surface area contributed by atoms with Crippen LogP contribution in [0.2, 0.25) is 0 Å². The van der Waals surface area contributed by atoms with Crippen molar-refractivity contribution in [2.45, 2.75) is 45.3 Å². The molecule has 0 spiro atoms. The number of nitrogens with one attached hydrogen (secondary N) is 1. The quantitative estimate of drug-likeness (QED) is 0.919. The molecular formula is C18H26N2O4. The summed E-state index contributed by atoms with van der Waals surface area (Å²) in [5.41, 5.74) is 0.612. The van der Waals surface area contributed by atoms with Crippen molar-refractivity contribution in [1.29, 1.82) is 0 Å². The molecule has 1 N–H and O–H groups in total. The molecule has 1 aromatic carbocycles. The van der Waals surface area contributed by atoms with Gasteiger partial charge in [-0.15, -0.1) is 0 Å². The third kappa shape index (κ3) is 6.10. The van der Waals surface area contributed by atoms with Crippen LogP contribution < -0.4 is 5.32 Å². The first kappa shape index (κ1) is 18.1. The fourth-order valence-corrected chi connectivity index (χ4v) is 2.48. The predicted molar refractivity (Wildman–Crippen MR) is 90.8 cm³/mol. The van der Waals surface area contributed by atoms with Gasteiger partial charge in [-0.25, -0.2) is 9.59 Å². The lowest BCUT2D eigenvalue weighted by molar-refractivity contribution is 0.0290. The van der Waals surface area contributed by atoms with Crippen molar-refractivity contribution >= 4 is 12.2 Å². The van der Waals surface area contributed by atoms with Crippen LogP contribution in [0.1, 0.15) is 32.8 Å². The number of hydrogen-bond acceptors (Lipinski definition) is 4. The largest absolute Gasteiger partial charge is 0.449 e. The second kappa shape index (κ2) is 8.04. The molecule has 24 heavy (non-hydrogen) atoms. The van der Waals surface area contributed by atoms with Crippen molar-refractivity contribution in [1.82, 2.24) is 10.2 Å². The highest BCUT2D eigenvalue weighted by Gasteiger charge is 2.30. The van der Waals surface area contributed by atoms with Crippen molar-refractivity contribution in [3.8, 4) is 0 Å². The van der Waals surface area contributed by atoms with Gasteiger partial charge in [0.2, 0.25) is 0 Å². The lowest BCUT2D eigenvalue weighted by Gasteiger charge is -2.24. The average Bonchev–Trinajstić information content (AvgIpc) is 2.95. The summed E-state index contributed by atoms with van der Waals surface area (Å²) in [4.78, 5) is 25.4. The summed E-state index contributed by atoms with van der Waals surface area (Å²) in [5, 5.41) is 2.80. The minimum Gasteiger partial charge on any atom is -0.449 e. The van der Waals surface area contributed by atoms with Crippen LogP contribution in [0.15, 0.2) is 30.3 Å². The second-order valence-electron chi connectivity index (χ2n) is 6.93. The molecule has 0 saturated carbocycles. The Morgan fingerprint density at radius 1 is 1.25 bits per heavy atom. The number of hydrogen-bond donors (Lipinski definition) is 1. The maximum absolute atomic E-state index is 12.0. The lowest BCUT2D eigenvalue weighted by atomic mass is 10.2. The number of alkyl carbamates (subject to hydrolysis) is 1. The van der Waals surface area contributed by atoms with Gasteiger partial charge < -0.3 is 19.7 Å². The minimum atomic E-state index is -0.515. The van der Waals surface area contributed by atoms with E-state index in [4.69, 9.17) is 9.47 Å². The smallest absolute Gasteiger partial charge is 0.410 e. The van der Waals surface area contributed by atoms with E-state index in [2.05, 4.69) is 5.32 Å². The molecule has 1 atom stereocenters. The van der Waals surface area contributed by atoms with Crippen molar-refractivity contribution in [3.05, 3.63) is 35.9 Å². The second-order valence-corrected chi connectivity index (χ2v) is 6.93. The molecule has 0 aromatic heterocycles. The molecule has 1 heterocycles. The monoisotopic (exact) mass is 334 g/mol. The Balaban J connectivity index is 1.67. The van der Waals surface area contributed by atoms with Crippen molar-refractivity contribution in [2.24, 2.45) is 0 Å². The molecule has 0 bridgehead atoms. The Morgan fingerprint density at radius 3 is 2.62 bits per heavy atom. The number of carbonyl (C=O) groups is 2. The van der Waals surface area contributed by atoms with Crippen LogP contribution in [0.3, 0.4) is 0 Å². The van der Waals surface area contributed by atoms with E-state index in [9.17, 15) is 9.59 Å². The van der Waals surface area contributed by atoms with Crippen LogP contribution in [0.25, 0.3) is 0 Å². The molecule has 1 saturated heterocycles. The fourth-order valence-electron chi connectivity index (χ4n) is 2.48. The van der Waals surface area contributed by atoms with E-state index in [1.807, 2.05) is 51.1 Å². The normalized spacial score (nSPS) is 17.5. The maximum atomic E-state index is 12.0. The summed E-state index contributed by atoms with van der Waals surface area (Å²) in [6, 6.07) is 9.77. The minimum absolute atomic E-state index is 0.0956. The van der Waals surface area contributed by atoms with E-state index in [1.165, 1.54) is 0 Å². The molecular weight excluding hydrogens is 308 g/mol. The first-order valence-corrected chi connectivity index (χ1v) is 8.28. The van der Waals surface area contributed by atoms with Crippen LogP contribution in [0.4, 0.5) is 9.59 Å². The third-order valence-corrected chi connectivity index (χ3v) is 3.63. The zero-order valence-corrected chi connectivity index (χ0v) is 14.6. The lowest BCUT2D eigenvalue weighted by Crippen LogP contribution is -2.40. The van der Waals surface area contributed by atoms with Gasteiger partial charge in [0, 0.05) is 19.5 Å². The summed E-state index contributed by atoms with van der Waals surface area (Å²) >= 11 is 0. The van der Waals surface area contributed by atoms with Gasteiger partial charge in [-0.2, -0.15) is 0 Å². The van der Waals surface area contributed by atoms with Gasteiger partial charge in [0.05, 0.1) is 12.6 Å². The van der Waals surface area contributed by atoms with Gasteiger partial charge in [0.15, 0.2) is 0 Å². The molecule has 6 heteroatoms.